The van der Waals surface area contributed by atoms with E-state index in [1.54, 1.807) is 24.3 Å². The topological polar surface area (TPSA) is 79.5 Å². The third-order valence-electron chi connectivity index (χ3n) is 3.36. The predicted octanol–water partition coefficient (Wildman–Crippen LogP) is 1.14. The first-order chi connectivity index (χ1) is 10.7. The molecule has 120 valence electrons. The molecule has 1 unspecified atom stereocenters. The third-order valence-corrected chi connectivity index (χ3v) is 3.36. The lowest BCUT2D eigenvalue weighted by molar-refractivity contribution is -0.119. The molecule has 6 nitrogen and oxygen atoms in total. The first-order valence-corrected chi connectivity index (χ1v) is 7.69. The molecule has 0 aromatic heterocycles. The van der Waals surface area contributed by atoms with Crippen LogP contribution >= 0.6 is 0 Å². The highest BCUT2D eigenvalue weighted by Gasteiger charge is 2.17. The van der Waals surface area contributed by atoms with Gasteiger partial charge >= 0.3 is 0 Å². The summed E-state index contributed by atoms with van der Waals surface area (Å²) in [5, 5.41) is 8.82. The van der Waals surface area contributed by atoms with Gasteiger partial charge in [0.2, 0.25) is 5.91 Å². The highest BCUT2D eigenvalue weighted by atomic mass is 16.5. The molecule has 2 amide bonds. The van der Waals surface area contributed by atoms with E-state index in [9.17, 15) is 9.59 Å². The Balaban J connectivity index is 1.88. The summed E-state index contributed by atoms with van der Waals surface area (Å²) in [6, 6.07) is 6.95. The van der Waals surface area contributed by atoms with Gasteiger partial charge in [-0.1, -0.05) is 13.0 Å². The molecule has 1 aliphatic heterocycles. The van der Waals surface area contributed by atoms with Crippen LogP contribution in [0, 0.1) is 0 Å². The fourth-order valence-corrected chi connectivity index (χ4v) is 2.25. The zero-order valence-corrected chi connectivity index (χ0v) is 12.9. The third kappa shape index (κ3) is 5.13. The van der Waals surface area contributed by atoms with Crippen LogP contribution in [-0.2, 0) is 9.53 Å². The monoisotopic (exact) mass is 305 g/mol. The number of morpholine rings is 1. The van der Waals surface area contributed by atoms with Crippen LogP contribution in [0.25, 0.3) is 0 Å². The van der Waals surface area contributed by atoms with E-state index in [0.29, 0.717) is 37.4 Å². The minimum absolute atomic E-state index is 0.0928. The van der Waals surface area contributed by atoms with E-state index in [-0.39, 0.29) is 17.9 Å². The van der Waals surface area contributed by atoms with Gasteiger partial charge in [0.15, 0.2) is 0 Å². The Morgan fingerprint density at radius 1 is 1.41 bits per heavy atom. The Bertz CT molecular complexity index is 513. The minimum atomic E-state index is -0.127. The molecular formula is C16H23N3O3. The molecule has 6 heteroatoms. The average Bonchev–Trinajstić information content (AvgIpc) is 2.53. The number of hydrogen-bond donors (Lipinski definition) is 3. The van der Waals surface area contributed by atoms with E-state index in [2.05, 4.69) is 16.0 Å². The first-order valence-electron chi connectivity index (χ1n) is 7.69. The number of anilines is 1. The molecule has 0 spiro atoms. The molecule has 1 aromatic carbocycles. The van der Waals surface area contributed by atoms with Crippen molar-refractivity contribution in [3.05, 3.63) is 29.8 Å². The average molecular weight is 305 g/mol. The van der Waals surface area contributed by atoms with E-state index in [1.165, 1.54) is 0 Å². The van der Waals surface area contributed by atoms with E-state index >= 15 is 0 Å². The highest BCUT2D eigenvalue weighted by Crippen LogP contribution is 2.12. The lowest BCUT2D eigenvalue weighted by Gasteiger charge is -2.23. The number of ether oxygens (including phenoxy) is 1. The fourth-order valence-electron chi connectivity index (χ4n) is 2.25. The van der Waals surface area contributed by atoms with Crippen molar-refractivity contribution in [1.29, 1.82) is 0 Å². The van der Waals surface area contributed by atoms with Crippen molar-refractivity contribution in [2.45, 2.75) is 25.9 Å². The second-order valence-corrected chi connectivity index (χ2v) is 5.29. The Morgan fingerprint density at radius 2 is 2.27 bits per heavy atom. The van der Waals surface area contributed by atoms with Gasteiger partial charge < -0.3 is 20.7 Å². The van der Waals surface area contributed by atoms with E-state index < -0.39 is 0 Å². The summed E-state index contributed by atoms with van der Waals surface area (Å²) in [7, 11) is 0. The lowest BCUT2D eigenvalue weighted by Crippen LogP contribution is -2.40. The number of benzene rings is 1. The van der Waals surface area contributed by atoms with Crippen LogP contribution in [0.2, 0.25) is 0 Å². The van der Waals surface area contributed by atoms with Gasteiger partial charge in [-0.05, 0) is 24.6 Å². The van der Waals surface area contributed by atoms with Gasteiger partial charge in [-0.25, -0.2) is 0 Å². The molecule has 0 aliphatic carbocycles. The molecule has 2 rings (SSSR count). The molecule has 1 heterocycles. The number of carbonyl (C=O) groups excluding carboxylic acids is 2. The van der Waals surface area contributed by atoms with Crippen LogP contribution < -0.4 is 16.0 Å². The molecule has 1 saturated heterocycles. The molecule has 22 heavy (non-hydrogen) atoms. The largest absolute Gasteiger partial charge is 0.375 e. The maximum Gasteiger partial charge on any atom is 0.251 e. The van der Waals surface area contributed by atoms with Crippen LogP contribution in [-0.4, -0.2) is 44.2 Å². The Labute approximate surface area is 130 Å². The molecule has 1 atom stereocenters. The second kappa shape index (κ2) is 8.51. The number of rotatable bonds is 6. The normalized spacial score (nSPS) is 17.8. The minimum Gasteiger partial charge on any atom is -0.375 e. The van der Waals surface area contributed by atoms with Crippen molar-refractivity contribution in [3.8, 4) is 0 Å². The molecule has 1 aromatic rings. The second-order valence-electron chi connectivity index (χ2n) is 5.29. The van der Waals surface area contributed by atoms with Gasteiger partial charge in [0.1, 0.15) is 0 Å². The summed E-state index contributed by atoms with van der Waals surface area (Å²) < 4.78 is 5.51. The Morgan fingerprint density at radius 3 is 3.00 bits per heavy atom. The van der Waals surface area contributed by atoms with Crippen molar-refractivity contribution < 1.29 is 14.3 Å². The summed E-state index contributed by atoms with van der Waals surface area (Å²) in [6.45, 7) is 4.78. The van der Waals surface area contributed by atoms with Crippen molar-refractivity contribution in [2.75, 3.05) is 31.6 Å². The van der Waals surface area contributed by atoms with Gasteiger partial charge in [-0.2, -0.15) is 0 Å². The molecule has 3 N–H and O–H groups in total. The van der Waals surface area contributed by atoms with Crippen LogP contribution in [0.4, 0.5) is 5.69 Å². The zero-order valence-electron chi connectivity index (χ0n) is 12.9. The standard InChI is InChI=1S/C16H23N3O3/c1-2-6-18-16(21)12-4-3-5-13(9-12)19-15(20)10-14-11-17-7-8-22-14/h3-5,9,14,17H,2,6-8,10-11H2,1H3,(H,18,21)(H,19,20). The summed E-state index contributed by atoms with van der Waals surface area (Å²) in [5.74, 6) is -0.238. The highest BCUT2D eigenvalue weighted by molar-refractivity contribution is 5.97. The van der Waals surface area contributed by atoms with E-state index in [4.69, 9.17) is 4.74 Å². The quantitative estimate of drug-likeness (QED) is 0.736. The van der Waals surface area contributed by atoms with E-state index in [0.717, 1.165) is 13.0 Å². The summed E-state index contributed by atoms with van der Waals surface area (Å²) in [5.41, 5.74) is 1.17. The molecule has 0 bridgehead atoms. The lowest BCUT2D eigenvalue weighted by atomic mass is 10.1. The van der Waals surface area contributed by atoms with Crippen molar-refractivity contribution >= 4 is 17.5 Å². The Kier molecular flexibility index (Phi) is 6.36. The molecule has 0 radical (unpaired) electrons. The smallest absolute Gasteiger partial charge is 0.251 e. The maximum atomic E-state index is 12.0. The van der Waals surface area contributed by atoms with E-state index in [1.807, 2.05) is 6.92 Å². The SMILES string of the molecule is CCCNC(=O)c1cccc(NC(=O)CC2CNCCO2)c1. The summed E-state index contributed by atoms with van der Waals surface area (Å²) in [4.78, 5) is 23.9. The maximum absolute atomic E-state index is 12.0. The fraction of sp³-hybridized carbons (Fsp3) is 0.500. The summed E-state index contributed by atoms with van der Waals surface area (Å²) >= 11 is 0. The molecule has 0 saturated carbocycles. The number of nitrogens with one attached hydrogen (secondary N) is 3. The number of carbonyl (C=O) groups is 2. The molecule has 1 fully saturated rings. The van der Waals surface area contributed by atoms with Crippen molar-refractivity contribution in [3.63, 3.8) is 0 Å². The number of amides is 2. The molecule has 1 aliphatic rings. The Hall–Kier alpha value is -1.92. The van der Waals surface area contributed by atoms with Gasteiger partial charge in [-0.3, -0.25) is 9.59 Å². The van der Waals surface area contributed by atoms with Crippen LogP contribution in [0.15, 0.2) is 24.3 Å². The van der Waals surface area contributed by atoms with Gasteiger partial charge in [0, 0.05) is 30.9 Å². The van der Waals surface area contributed by atoms with Crippen molar-refractivity contribution in [1.82, 2.24) is 10.6 Å². The zero-order chi connectivity index (χ0) is 15.8. The van der Waals surface area contributed by atoms with Gasteiger partial charge in [0.25, 0.3) is 5.91 Å². The first kappa shape index (κ1) is 16.5. The summed E-state index contributed by atoms with van der Waals surface area (Å²) in [6.07, 6.45) is 1.10. The van der Waals surface area contributed by atoms with Crippen LogP contribution in [0.3, 0.4) is 0 Å². The van der Waals surface area contributed by atoms with Gasteiger partial charge in [0.05, 0.1) is 19.1 Å². The molecular weight excluding hydrogens is 282 g/mol. The van der Waals surface area contributed by atoms with Crippen molar-refractivity contribution in [2.24, 2.45) is 0 Å². The predicted molar refractivity (Wildman–Crippen MR) is 84.9 cm³/mol. The van der Waals surface area contributed by atoms with Crippen LogP contribution in [0.5, 0.6) is 0 Å². The van der Waals surface area contributed by atoms with Crippen LogP contribution in [0.1, 0.15) is 30.1 Å². The van der Waals surface area contributed by atoms with Gasteiger partial charge in [-0.15, -0.1) is 0 Å². The number of hydrogen-bond acceptors (Lipinski definition) is 4.